The molecule has 0 bridgehead atoms. The Balaban J connectivity index is 2.00. The first-order valence-electron chi connectivity index (χ1n) is 6.66. The molecule has 1 aromatic heterocycles. The molecule has 0 fully saturated rings. The largest absolute Gasteiger partial charge is 0.335 e. The fourth-order valence-electron chi connectivity index (χ4n) is 1.90. The van der Waals surface area contributed by atoms with Crippen molar-refractivity contribution in [1.29, 1.82) is 0 Å². The summed E-state index contributed by atoms with van der Waals surface area (Å²) in [5, 5.41) is 3.93. The van der Waals surface area contributed by atoms with Crippen LogP contribution in [-0.2, 0) is 11.2 Å². The van der Waals surface area contributed by atoms with Gasteiger partial charge in [-0.05, 0) is 37.2 Å². The van der Waals surface area contributed by atoms with Crippen LogP contribution in [0.1, 0.15) is 22.4 Å². The first-order chi connectivity index (χ1) is 10.4. The third-order valence-electron chi connectivity index (χ3n) is 2.99. The molecule has 114 valence electrons. The Morgan fingerprint density at radius 1 is 1.32 bits per heavy atom. The summed E-state index contributed by atoms with van der Waals surface area (Å²) in [7, 11) is 0. The van der Waals surface area contributed by atoms with Gasteiger partial charge in [0, 0.05) is 11.8 Å². The van der Waals surface area contributed by atoms with Gasteiger partial charge in [-0.15, -0.1) is 0 Å². The van der Waals surface area contributed by atoms with Crippen LogP contribution < -0.4 is 11.0 Å². The van der Waals surface area contributed by atoms with Crippen molar-refractivity contribution in [2.75, 3.05) is 0 Å². The number of hydrazone groups is 1. The minimum absolute atomic E-state index is 0.00228. The Labute approximate surface area is 132 Å². The summed E-state index contributed by atoms with van der Waals surface area (Å²) in [4.78, 5) is 28.2. The standard InChI is InChI=1S/C15H16N4O2S/c1-9-3-4-10(2)11(5-9)8-16-19-14(21)7-12-6-13(20)18-15(22)17-12/h3-6,8H,7H2,1-2H3,(H,19,21)(H2,17,18,20,22)/b16-8-. The van der Waals surface area contributed by atoms with Crippen LogP contribution in [0.2, 0.25) is 0 Å². The lowest BCUT2D eigenvalue weighted by molar-refractivity contribution is -0.120. The molecule has 0 spiro atoms. The van der Waals surface area contributed by atoms with Gasteiger partial charge in [0.05, 0.1) is 12.6 Å². The SMILES string of the molecule is Cc1ccc(C)c(/C=N\NC(=O)Cc2cc(=O)[nH]c(=S)[nH]2)c1. The maximum absolute atomic E-state index is 11.8. The van der Waals surface area contributed by atoms with Gasteiger partial charge in [-0.2, -0.15) is 5.10 Å². The summed E-state index contributed by atoms with van der Waals surface area (Å²) in [6, 6.07) is 7.29. The number of aryl methyl sites for hydroxylation is 2. The maximum Gasteiger partial charge on any atom is 0.251 e. The monoisotopic (exact) mass is 316 g/mol. The van der Waals surface area contributed by atoms with E-state index in [9.17, 15) is 9.59 Å². The molecular weight excluding hydrogens is 300 g/mol. The molecule has 1 amide bonds. The summed E-state index contributed by atoms with van der Waals surface area (Å²) in [5.74, 6) is -0.335. The third-order valence-corrected chi connectivity index (χ3v) is 3.20. The van der Waals surface area contributed by atoms with Crippen molar-refractivity contribution >= 4 is 24.3 Å². The molecule has 2 rings (SSSR count). The summed E-state index contributed by atoms with van der Waals surface area (Å²) in [6.07, 6.45) is 1.60. The molecule has 0 aliphatic rings. The van der Waals surface area contributed by atoms with E-state index in [1.807, 2.05) is 32.0 Å². The zero-order chi connectivity index (χ0) is 16.1. The van der Waals surface area contributed by atoms with Crippen molar-refractivity contribution in [2.45, 2.75) is 20.3 Å². The van der Waals surface area contributed by atoms with Gasteiger partial charge in [-0.1, -0.05) is 23.8 Å². The summed E-state index contributed by atoms with van der Waals surface area (Å²) in [5.41, 5.74) is 5.66. The highest BCUT2D eigenvalue weighted by atomic mass is 32.1. The lowest BCUT2D eigenvalue weighted by atomic mass is 10.1. The minimum atomic E-state index is -0.342. The van der Waals surface area contributed by atoms with Crippen molar-refractivity contribution in [1.82, 2.24) is 15.4 Å². The number of benzene rings is 1. The van der Waals surface area contributed by atoms with E-state index in [4.69, 9.17) is 12.2 Å². The van der Waals surface area contributed by atoms with Gasteiger partial charge in [0.2, 0.25) is 5.91 Å². The van der Waals surface area contributed by atoms with Crippen LogP contribution in [-0.4, -0.2) is 22.1 Å². The van der Waals surface area contributed by atoms with Crippen molar-refractivity contribution in [3.8, 4) is 0 Å². The molecule has 22 heavy (non-hydrogen) atoms. The smallest absolute Gasteiger partial charge is 0.251 e. The van der Waals surface area contributed by atoms with E-state index in [2.05, 4.69) is 20.5 Å². The number of rotatable bonds is 4. The fourth-order valence-corrected chi connectivity index (χ4v) is 2.13. The van der Waals surface area contributed by atoms with E-state index in [0.29, 0.717) is 5.69 Å². The molecule has 2 aromatic rings. The number of H-pyrrole nitrogens is 2. The normalized spacial score (nSPS) is 10.8. The molecule has 1 heterocycles. The van der Waals surface area contributed by atoms with Crippen LogP contribution >= 0.6 is 12.2 Å². The molecule has 0 unspecified atom stereocenters. The van der Waals surface area contributed by atoms with Crippen LogP contribution in [0.3, 0.4) is 0 Å². The number of aromatic amines is 2. The molecule has 3 N–H and O–H groups in total. The number of hydrogen-bond donors (Lipinski definition) is 3. The van der Waals surface area contributed by atoms with Gasteiger partial charge >= 0.3 is 0 Å². The number of nitrogens with zero attached hydrogens (tertiary/aromatic N) is 1. The van der Waals surface area contributed by atoms with E-state index in [0.717, 1.165) is 16.7 Å². The number of amides is 1. The number of nitrogens with one attached hydrogen (secondary N) is 3. The van der Waals surface area contributed by atoms with Crippen molar-refractivity contribution in [2.24, 2.45) is 5.10 Å². The van der Waals surface area contributed by atoms with Crippen molar-refractivity contribution in [3.63, 3.8) is 0 Å². The average Bonchev–Trinajstić information content (AvgIpc) is 2.41. The second-order valence-corrected chi connectivity index (χ2v) is 5.35. The zero-order valence-electron chi connectivity index (χ0n) is 12.3. The lowest BCUT2D eigenvalue weighted by Crippen LogP contribution is -2.21. The molecular formula is C15H16N4O2S. The number of carbonyl (C=O) groups is 1. The Morgan fingerprint density at radius 3 is 2.82 bits per heavy atom. The number of aromatic nitrogens is 2. The molecule has 0 radical (unpaired) electrons. The minimum Gasteiger partial charge on any atom is -0.335 e. The second-order valence-electron chi connectivity index (χ2n) is 4.94. The van der Waals surface area contributed by atoms with Crippen molar-refractivity contribution < 1.29 is 4.79 Å². The summed E-state index contributed by atoms with van der Waals surface area (Å²) in [6.45, 7) is 3.96. The van der Waals surface area contributed by atoms with Gasteiger partial charge in [0.1, 0.15) is 0 Å². The van der Waals surface area contributed by atoms with E-state index in [-0.39, 0.29) is 22.7 Å². The van der Waals surface area contributed by atoms with Crippen LogP contribution in [0.25, 0.3) is 0 Å². The Hall–Kier alpha value is -2.54. The van der Waals surface area contributed by atoms with Gasteiger partial charge in [-0.3, -0.25) is 14.6 Å². The first-order valence-corrected chi connectivity index (χ1v) is 7.06. The van der Waals surface area contributed by atoms with Crippen LogP contribution in [0.15, 0.2) is 34.2 Å². The molecule has 0 aliphatic heterocycles. The first kappa shape index (κ1) is 15.8. The molecule has 7 heteroatoms. The Kier molecular flexibility index (Phi) is 5.00. The zero-order valence-corrected chi connectivity index (χ0v) is 13.1. The summed E-state index contributed by atoms with van der Waals surface area (Å²) >= 11 is 4.85. The third kappa shape index (κ3) is 4.49. The van der Waals surface area contributed by atoms with Gasteiger partial charge in [-0.25, -0.2) is 5.43 Å². The number of hydrogen-bond acceptors (Lipinski definition) is 4. The van der Waals surface area contributed by atoms with Gasteiger partial charge in [0.15, 0.2) is 4.77 Å². The van der Waals surface area contributed by atoms with Crippen LogP contribution in [0, 0.1) is 18.6 Å². The number of carbonyl (C=O) groups excluding carboxylic acids is 1. The lowest BCUT2D eigenvalue weighted by Gasteiger charge is -2.02. The predicted octanol–water partition coefficient (Wildman–Crippen LogP) is 1.74. The van der Waals surface area contributed by atoms with E-state index in [1.165, 1.54) is 6.07 Å². The Bertz CT molecular complexity index is 808. The molecule has 0 saturated heterocycles. The molecule has 0 atom stereocenters. The van der Waals surface area contributed by atoms with E-state index in [1.54, 1.807) is 6.21 Å². The van der Waals surface area contributed by atoms with E-state index >= 15 is 0 Å². The van der Waals surface area contributed by atoms with Crippen LogP contribution in [0.5, 0.6) is 0 Å². The van der Waals surface area contributed by atoms with Gasteiger partial charge in [0.25, 0.3) is 5.56 Å². The average molecular weight is 316 g/mol. The highest BCUT2D eigenvalue weighted by molar-refractivity contribution is 7.71. The predicted molar refractivity (Wildman–Crippen MR) is 87.6 cm³/mol. The second kappa shape index (κ2) is 6.95. The highest BCUT2D eigenvalue weighted by Gasteiger charge is 2.03. The summed E-state index contributed by atoms with van der Waals surface area (Å²) < 4.78 is 0.189. The Morgan fingerprint density at radius 2 is 2.09 bits per heavy atom. The maximum atomic E-state index is 11.8. The molecule has 1 aromatic carbocycles. The van der Waals surface area contributed by atoms with Crippen molar-refractivity contribution in [3.05, 3.63) is 61.8 Å². The van der Waals surface area contributed by atoms with Gasteiger partial charge < -0.3 is 4.98 Å². The quantitative estimate of drug-likeness (QED) is 0.456. The molecule has 0 aliphatic carbocycles. The highest BCUT2D eigenvalue weighted by Crippen LogP contribution is 2.07. The van der Waals surface area contributed by atoms with Crippen LogP contribution in [0.4, 0.5) is 0 Å². The topological polar surface area (TPSA) is 90.1 Å². The molecule has 6 nitrogen and oxygen atoms in total. The molecule has 0 saturated carbocycles. The fraction of sp³-hybridized carbons (Fsp3) is 0.200. The van der Waals surface area contributed by atoms with E-state index < -0.39 is 0 Å².